The summed E-state index contributed by atoms with van der Waals surface area (Å²) in [4.78, 5) is 13.2. The molecule has 3 heterocycles. The van der Waals surface area contributed by atoms with Gasteiger partial charge in [0.2, 0.25) is 4.96 Å². The second-order valence-electron chi connectivity index (χ2n) is 5.38. The van der Waals surface area contributed by atoms with Gasteiger partial charge in [-0.1, -0.05) is 41.7 Å². The maximum absolute atomic E-state index is 12.6. The molecule has 1 aromatic carbocycles. The molecule has 0 unspecified atom stereocenters. The Kier molecular flexibility index (Phi) is 3.44. The Hall–Kier alpha value is -2.12. The van der Waals surface area contributed by atoms with Crippen molar-refractivity contribution in [2.24, 2.45) is 0 Å². The second kappa shape index (κ2) is 5.58. The van der Waals surface area contributed by atoms with Crippen LogP contribution in [0.25, 0.3) is 16.2 Å². The molecule has 0 bridgehead atoms. The topological polar surface area (TPSA) is 72.2 Å². The largest absolute Gasteiger partial charge is 0.317 e. The van der Waals surface area contributed by atoms with Crippen molar-refractivity contribution in [3.63, 3.8) is 0 Å². The molecule has 3 aromatic rings. The Morgan fingerprint density at radius 1 is 1.14 bits per heavy atom. The van der Waals surface area contributed by atoms with Crippen LogP contribution in [0, 0.1) is 0 Å². The third kappa shape index (κ3) is 2.32. The summed E-state index contributed by atoms with van der Waals surface area (Å²) in [5.74, 6) is 0.410. The van der Waals surface area contributed by atoms with Crippen LogP contribution in [0.1, 0.15) is 23.8 Å². The number of rotatable bonds is 2. The van der Waals surface area contributed by atoms with Gasteiger partial charge in [0.1, 0.15) is 5.01 Å². The molecule has 2 aromatic heterocycles. The maximum atomic E-state index is 12.6. The van der Waals surface area contributed by atoms with E-state index < -0.39 is 0 Å². The fourth-order valence-electron chi connectivity index (χ4n) is 2.74. The van der Waals surface area contributed by atoms with Gasteiger partial charge in [0, 0.05) is 11.5 Å². The Bertz CT molecular complexity index is 851. The summed E-state index contributed by atoms with van der Waals surface area (Å²) in [6.45, 7) is 1.99. The highest BCUT2D eigenvalue weighted by atomic mass is 32.1. The molecule has 0 amide bonds. The summed E-state index contributed by atoms with van der Waals surface area (Å²) in [6.07, 6.45) is 2.10. The highest BCUT2D eigenvalue weighted by molar-refractivity contribution is 7.16. The van der Waals surface area contributed by atoms with Gasteiger partial charge in [-0.2, -0.15) is 9.61 Å². The van der Waals surface area contributed by atoms with Gasteiger partial charge in [0.25, 0.3) is 0 Å². The number of fused-ring (bicyclic) bond motifs is 1. The molecule has 1 fully saturated rings. The van der Waals surface area contributed by atoms with Crippen LogP contribution < -0.4 is 10.9 Å². The van der Waals surface area contributed by atoms with Crippen molar-refractivity contribution < 1.29 is 0 Å². The number of hydrogen-bond donors (Lipinski definition) is 1. The SMILES string of the molecule is O=c1c(-c2ccccc2)nnc2sc(C3CCNCC3)nn12. The number of aromatic nitrogens is 4. The summed E-state index contributed by atoms with van der Waals surface area (Å²) >= 11 is 1.47. The number of hydrogen-bond acceptors (Lipinski definition) is 6. The number of nitrogens with one attached hydrogen (secondary N) is 1. The zero-order chi connectivity index (χ0) is 14.9. The monoisotopic (exact) mass is 313 g/mol. The predicted octanol–water partition coefficient (Wildman–Crippen LogP) is 1.68. The third-order valence-corrected chi connectivity index (χ3v) is 5.00. The van der Waals surface area contributed by atoms with E-state index in [9.17, 15) is 4.79 Å². The molecule has 0 spiro atoms. The first-order valence-corrected chi connectivity index (χ1v) is 8.17. The second-order valence-corrected chi connectivity index (χ2v) is 6.37. The van der Waals surface area contributed by atoms with Crippen molar-refractivity contribution in [3.05, 3.63) is 45.7 Å². The van der Waals surface area contributed by atoms with Crippen molar-refractivity contribution in [1.29, 1.82) is 0 Å². The smallest absolute Gasteiger partial charge is 0.302 e. The Balaban J connectivity index is 1.80. The van der Waals surface area contributed by atoms with Crippen LogP contribution in [-0.2, 0) is 0 Å². The highest BCUT2D eigenvalue weighted by Gasteiger charge is 2.21. The molecule has 0 radical (unpaired) electrons. The van der Waals surface area contributed by atoms with Gasteiger partial charge in [0.05, 0.1) is 0 Å². The van der Waals surface area contributed by atoms with Crippen LogP contribution >= 0.6 is 11.3 Å². The minimum atomic E-state index is -0.201. The normalized spacial score (nSPS) is 16.2. The molecule has 0 atom stereocenters. The zero-order valence-corrected chi connectivity index (χ0v) is 12.7. The lowest BCUT2D eigenvalue weighted by Gasteiger charge is -2.19. The van der Waals surface area contributed by atoms with E-state index in [0.717, 1.165) is 36.5 Å². The fraction of sp³-hybridized carbons (Fsp3) is 0.333. The molecule has 0 aliphatic carbocycles. The molecule has 1 aliphatic heterocycles. The summed E-state index contributed by atoms with van der Waals surface area (Å²) in [5, 5.41) is 17.1. The minimum Gasteiger partial charge on any atom is -0.317 e. The number of nitrogens with zero attached hydrogens (tertiary/aromatic N) is 4. The van der Waals surface area contributed by atoms with Crippen LogP contribution in [0.2, 0.25) is 0 Å². The lowest BCUT2D eigenvalue weighted by Crippen LogP contribution is -2.27. The molecule has 112 valence electrons. The van der Waals surface area contributed by atoms with Gasteiger partial charge in [-0.25, -0.2) is 0 Å². The van der Waals surface area contributed by atoms with Crippen LogP contribution in [0.3, 0.4) is 0 Å². The van der Waals surface area contributed by atoms with E-state index in [2.05, 4.69) is 20.6 Å². The van der Waals surface area contributed by atoms with E-state index >= 15 is 0 Å². The summed E-state index contributed by atoms with van der Waals surface area (Å²) in [5.41, 5.74) is 0.915. The number of piperidine rings is 1. The van der Waals surface area contributed by atoms with Crippen LogP contribution in [-0.4, -0.2) is 32.9 Å². The van der Waals surface area contributed by atoms with Crippen molar-refractivity contribution >= 4 is 16.3 Å². The lowest BCUT2D eigenvalue weighted by atomic mass is 9.99. The molecule has 22 heavy (non-hydrogen) atoms. The van der Waals surface area contributed by atoms with E-state index in [-0.39, 0.29) is 5.56 Å². The zero-order valence-electron chi connectivity index (χ0n) is 11.9. The van der Waals surface area contributed by atoms with Gasteiger partial charge in [-0.05, 0) is 25.9 Å². The van der Waals surface area contributed by atoms with Gasteiger partial charge >= 0.3 is 5.56 Å². The first-order valence-electron chi connectivity index (χ1n) is 7.35. The first-order chi connectivity index (χ1) is 10.8. The first kappa shape index (κ1) is 13.5. The van der Waals surface area contributed by atoms with E-state index in [1.165, 1.54) is 15.9 Å². The minimum absolute atomic E-state index is 0.201. The van der Waals surface area contributed by atoms with Crippen LogP contribution in [0.5, 0.6) is 0 Å². The van der Waals surface area contributed by atoms with E-state index in [1.54, 1.807) is 0 Å². The Morgan fingerprint density at radius 3 is 2.68 bits per heavy atom. The van der Waals surface area contributed by atoms with Crippen molar-refractivity contribution in [1.82, 2.24) is 25.1 Å². The lowest BCUT2D eigenvalue weighted by molar-refractivity contribution is 0.456. The van der Waals surface area contributed by atoms with Gasteiger partial charge in [0.15, 0.2) is 5.69 Å². The molecule has 4 rings (SSSR count). The van der Waals surface area contributed by atoms with Gasteiger partial charge in [-0.3, -0.25) is 4.79 Å². The van der Waals surface area contributed by atoms with E-state index in [4.69, 9.17) is 0 Å². The average Bonchev–Trinajstić information content (AvgIpc) is 3.02. The Labute approximate surface area is 130 Å². The highest BCUT2D eigenvalue weighted by Crippen LogP contribution is 2.28. The molecule has 7 heteroatoms. The molecule has 1 N–H and O–H groups in total. The molecular formula is C15H15N5OS. The quantitative estimate of drug-likeness (QED) is 0.779. The van der Waals surface area contributed by atoms with Crippen molar-refractivity contribution in [2.45, 2.75) is 18.8 Å². The summed E-state index contributed by atoms with van der Waals surface area (Å²) < 4.78 is 1.40. The van der Waals surface area contributed by atoms with Crippen LogP contribution in [0.15, 0.2) is 35.1 Å². The van der Waals surface area contributed by atoms with Crippen LogP contribution in [0.4, 0.5) is 0 Å². The third-order valence-electron chi connectivity index (χ3n) is 3.94. The molecule has 0 saturated carbocycles. The fourth-order valence-corrected chi connectivity index (χ4v) is 3.74. The molecule has 1 saturated heterocycles. The predicted molar refractivity (Wildman–Crippen MR) is 85.2 cm³/mol. The molecule has 6 nitrogen and oxygen atoms in total. The van der Waals surface area contributed by atoms with E-state index in [0.29, 0.717) is 16.6 Å². The standard InChI is InChI=1S/C15H15N5OS/c21-14-12(10-4-2-1-3-5-10)17-18-15-20(14)19-13(22-15)11-6-8-16-9-7-11/h1-5,11,16H,6-9H2. The van der Waals surface area contributed by atoms with Gasteiger partial charge in [-0.15, -0.1) is 10.2 Å². The van der Waals surface area contributed by atoms with Crippen molar-refractivity contribution in [3.8, 4) is 11.3 Å². The van der Waals surface area contributed by atoms with E-state index in [1.807, 2.05) is 30.3 Å². The molecular weight excluding hydrogens is 298 g/mol. The summed E-state index contributed by atoms with van der Waals surface area (Å²) in [7, 11) is 0. The number of benzene rings is 1. The summed E-state index contributed by atoms with van der Waals surface area (Å²) in [6, 6.07) is 9.39. The van der Waals surface area contributed by atoms with Crippen molar-refractivity contribution in [2.75, 3.05) is 13.1 Å². The van der Waals surface area contributed by atoms with Gasteiger partial charge < -0.3 is 5.32 Å². The maximum Gasteiger partial charge on any atom is 0.302 e. The average molecular weight is 313 g/mol. The molecule has 1 aliphatic rings. The Morgan fingerprint density at radius 2 is 1.91 bits per heavy atom.